The first-order chi connectivity index (χ1) is 15.5. The van der Waals surface area contributed by atoms with Gasteiger partial charge in [0.15, 0.2) is 6.29 Å². The van der Waals surface area contributed by atoms with E-state index in [1.165, 1.54) is 12.1 Å². The molecule has 9 heteroatoms. The van der Waals surface area contributed by atoms with E-state index in [2.05, 4.69) is 0 Å². The molecule has 2 amide bonds. The summed E-state index contributed by atoms with van der Waals surface area (Å²) in [5.41, 5.74) is 1.39. The number of hydrogen-bond acceptors (Lipinski definition) is 8. The molecule has 2 aliphatic rings. The van der Waals surface area contributed by atoms with Gasteiger partial charge in [0, 0.05) is 0 Å². The molecule has 0 unspecified atom stereocenters. The fraction of sp³-hybridized carbons (Fsp3) is 0.391. The van der Waals surface area contributed by atoms with E-state index in [9.17, 15) is 24.9 Å². The average Bonchev–Trinajstić information content (AvgIpc) is 3.07. The van der Waals surface area contributed by atoms with Gasteiger partial charge in [0.1, 0.15) is 24.4 Å². The number of benzene rings is 2. The molecule has 1 saturated heterocycles. The number of fused-ring (bicyclic) bond motifs is 1. The van der Waals surface area contributed by atoms with Crippen molar-refractivity contribution in [2.45, 2.75) is 37.3 Å². The van der Waals surface area contributed by atoms with Crippen LogP contribution < -0.4 is 0 Å². The highest BCUT2D eigenvalue weighted by Crippen LogP contribution is 2.32. The Morgan fingerprint density at radius 2 is 1.50 bits per heavy atom. The Bertz CT molecular complexity index is 917. The molecule has 2 heterocycles. The molecule has 2 aliphatic heterocycles. The van der Waals surface area contributed by atoms with Gasteiger partial charge in [-0.25, -0.2) is 0 Å². The van der Waals surface area contributed by atoms with E-state index >= 15 is 0 Å². The Kier molecular flexibility index (Phi) is 6.95. The molecule has 0 radical (unpaired) electrons. The lowest BCUT2D eigenvalue weighted by Gasteiger charge is -2.44. The molecule has 0 spiro atoms. The first-order valence-electron chi connectivity index (χ1n) is 10.4. The Morgan fingerprint density at radius 3 is 2.12 bits per heavy atom. The van der Waals surface area contributed by atoms with Crippen molar-refractivity contribution in [1.29, 1.82) is 0 Å². The van der Waals surface area contributed by atoms with Gasteiger partial charge < -0.3 is 29.5 Å². The number of aliphatic hydroxyl groups excluding tert-OH is 3. The summed E-state index contributed by atoms with van der Waals surface area (Å²) < 4.78 is 16.9. The van der Waals surface area contributed by atoms with Gasteiger partial charge in [-0.2, -0.15) is 0 Å². The van der Waals surface area contributed by atoms with Crippen LogP contribution in [0.3, 0.4) is 0 Å². The van der Waals surface area contributed by atoms with Crippen LogP contribution in [0.1, 0.15) is 26.3 Å². The van der Waals surface area contributed by atoms with Crippen LogP contribution in [0.2, 0.25) is 0 Å². The smallest absolute Gasteiger partial charge is 0.262 e. The monoisotopic (exact) mass is 443 g/mol. The van der Waals surface area contributed by atoms with E-state index in [0.29, 0.717) is 6.61 Å². The number of imide groups is 1. The van der Waals surface area contributed by atoms with Gasteiger partial charge >= 0.3 is 0 Å². The number of ether oxygens (including phenoxy) is 3. The summed E-state index contributed by atoms with van der Waals surface area (Å²) in [6.07, 6.45) is -5.47. The second-order valence-corrected chi connectivity index (χ2v) is 7.63. The number of carbonyl (C=O) groups is 2. The van der Waals surface area contributed by atoms with Gasteiger partial charge in [0.2, 0.25) is 0 Å². The number of hydrogen-bond donors (Lipinski definition) is 3. The first-order valence-corrected chi connectivity index (χ1v) is 10.4. The van der Waals surface area contributed by atoms with Crippen molar-refractivity contribution in [3.05, 3.63) is 71.3 Å². The molecule has 0 saturated carbocycles. The fourth-order valence-electron chi connectivity index (χ4n) is 3.95. The number of aliphatic hydroxyl groups is 3. The van der Waals surface area contributed by atoms with Gasteiger partial charge in [0.05, 0.1) is 37.6 Å². The van der Waals surface area contributed by atoms with E-state index in [-0.39, 0.29) is 24.3 Å². The van der Waals surface area contributed by atoms with Gasteiger partial charge in [-0.1, -0.05) is 42.5 Å². The van der Waals surface area contributed by atoms with Crippen LogP contribution in [0.25, 0.3) is 0 Å². The molecule has 2 aromatic carbocycles. The molecule has 170 valence electrons. The zero-order chi connectivity index (χ0) is 22.7. The third-order valence-corrected chi connectivity index (χ3v) is 5.59. The Hall–Kier alpha value is -2.66. The highest BCUT2D eigenvalue weighted by Gasteiger charge is 2.53. The van der Waals surface area contributed by atoms with Crippen molar-refractivity contribution in [3.8, 4) is 0 Å². The Morgan fingerprint density at radius 1 is 0.875 bits per heavy atom. The van der Waals surface area contributed by atoms with Crippen LogP contribution in [0.4, 0.5) is 0 Å². The molecule has 2 aromatic rings. The summed E-state index contributed by atoms with van der Waals surface area (Å²) >= 11 is 0. The molecular formula is C23H25NO8. The zero-order valence-electron chi connectivity index (χ0n) is 17.2. The minimum Gasteiger partial charge on any atom is -0.394 e. The van der Waals surface area contributed by atoms with E-state index in [1.54, 1.807) is 12.1 Å². The third-order valence-electron chi connectivity index (χ3n) is 5.59. The van der Waals surface area contributed by atoms with Crippen LogP contribution in [0.15, 0.2) is 54.6 Å². The maximum Gasteiger partial charge on any atom is 0.262 e. The van der Waals surface area contributed by atoms with E-state index < -0.39 is 49.1 Å². The van der Waals surface area contributed by atoms with Gasteiger partial charge in [0.25, 0.3) is 11.8 Å². The number of carbonyl (C=O) groups excluding carboxylic acids is 2. The van der Waals surface area contributed by atoms with Crippen molar-refractivity contribution >= 4 is 11.8 Å². The fourth-order valence-corrected chi connectivity index (χ4v) is 3.95. The highest BCUT2D eigenvalue weighted by molar-refractivity contribution is 6.21. The molecule has 5 atom stereocenters. The minimum absolute atomic E-state index is 0.0398. The third kappa shape index (κ3) is 4.31. The number of nitrogens with zero attached hydrogens (tertiary/aromatic N) is 1. The summed E-state index contributed by atoms with van der Waals surface area (Å²) in [6.45, 7) is 0.0275. The van der Waals surface area contributed by atoms with Crippen LogP contribution in [-0.4, -0.2) is 82.5 Å². The minimum atomic E-state index is -1.57. The van der Waals surface area contributed by atoms with Gasteiger partial charge in [-0.3, -0.25) is 14.5 Å². The van der Waals surface area contributed by atoms with Gasteiger partial charge in [-0.05, 0) is 17.7 Å². The lowest BCUT2D eigenvalue weighted by molar-refractivity contribution is -0.281. The quantitative estimate of drug-likeness (QED) is 0.394. The van der Waals surface area contributed by atoms with E-state index in [4.69, 9.17) is 14.2 Å². The second-order valence-electron chi connectivity index (χ2n) is 7.63. The molecule has 1 fully saturated rings. The molecule has 3 N–H and O–H groups in total. The molecular weight excluding hydrogens is 418 g/mol. The van der Waals surface area contributed by atoms with Crippen molar-refractivity contribution in [2.24, 2.45) is 0 Å². The summed E-state index contributed by atoms with van der Waals surface area (Å²) in [6, 6.07) is 14.6. The molecule has 0 aliphatic carbocycles. The Labute approximate surface area is 184 Å². The highest BCUT2D eigenvalue weighted by atomic mass is 16.7. The average molecular weight is 443 g/mol. The number of amides is 2. The lowest BCUT2D eigenvalue weighted by Crippen LogP contribution is -2.65. The molecule has 4 rings (SSSR count). The maximum absolute atomic E-state index is 12.9. The van der Waals surface area contributed by atoms with Crippen molar-refractivity contribution in [3.63, 3.8) is 0 Å². The zero-order valence-corrected chi connectivity index (χ0v) is 17.2. The van der Waals surface area contributed by atoms with Crippen LogP contribution in [0, 0.1) is 0 Å². The van der Waals surface area contributed by atoms with Crippen LogP contribution >= 0.6 is 0 Å². The topological polar surface area (TPSA) is 126 Å². The van der Waals surface area contributed by atoms with E-state index in [0.717, 1.165) is 10.5 Å². The summed E-state index contributed by atoms with van der Waals surface area (Å²) in [4.78, 5) is 26.7. The molecule has 32 heavy (non-hydrogen) atoms. The summed E-state index contributed by atoms with van der Waals surface area (Å²) in [5.74, 6) is -1.22. The lowest BCUT2D eigenvalue weighted by atomic mass is 9.95. The second kappa shape index (κ2) is 9.86. The van der Waals surface area contributed by atoms with E-state index in [1.807, 2.05) is 30.3 Å². The first kappa shape index (κ1) is 22.5. The largest absolute Gasteiger partial charge is 0.394 e. The molecule has 0 aromatic heterocycles. The predicted molar refractivity (Wildman–Crippen MR) is 111 cm³/mol. The van der Waals surface area contributed by atoms with Crippen molar-refractivity contribution < 1.29 is 39.1 Å². The van der Waals surface area contributed by atoms with Crippen LogP contribution in [-0.2, 0) is 20.8 Å². The number of rotatable bonds is 8. The normalized spacial score (nSPS) is 27.6. The maximum atomic E-state index is 12.9. The van der Waals surface area contributed by atoms with Crippen molar-refractivity contribution in [1.82, 2.24) is 4.90 Å². The molecule has 0 bridgehead atoms. The Balaban J connectivity index is 1.46. The summed E-state index contributed by atoms with van der Waals surface area (Å²) in [7, 11) is 0. The summed E-state index contributed by atoms with van der Waals surface area (Å²) in [5, 5.41) is 30.6. The predicted octanol–water partition coefficient (Wildman–Crippen LogP) is 0.324. The molecule has 9 nitrogen and oxygen atoms in total. The van der Waals surface area contributed by atoms with Gasteiger partial charge in [-0.15, -0.1) is 0 Å². The standard InChI is InChI=1S/C23H25NO8/c25-12-17-19(26)20(27)18(24-21(28)15-8-4-5-9-16(15)22(24)29)23(32-17)31-11-10-30-13-14-6-2-1-3-7-14/h1-9,17-20,23,25-27H,10-13H2/t17-,18-,19-,20-,23-/m1/s1. The van der Waals surface area contributed by atoms with Crippen LogP contribution in [0.5, 0.6) is 0 Å². The van der Waals surface area contributed by atoms with Crippen molar-refractivity contribution in [2.75, 3.05) is 19.8 Å². The SMILES string of the molecule is O=C1c2ccccc2C(=O)N1[C@H]1[C@H](OCCOCc2ccccc2)O[C@H](CO)[C@@H](O)[C@@H]1O.